The van der Waals surface area contributed by atoms with E-state index in [-0.39, 0.29) is 10.8 Å². The summed E-state index contributed by atoms with van der Waals surface area (Å²) in [7, 11) is 0. The highest BCUT2D eigenvalue weighted by molar-refractivity contribution is 5.89. The summed E-state index contributed by atoms with van der Waals surface area (Å²) in [5.74, 6) is -3.63. The summed E-state index contributed by atoms with van der Waals surface area (Å²) >= 11 is 0. The Morgan fingerprint density at radius 1 is 0.710 bits per heavy atom. The molecule has 31 heavy (non-hydrogen) atoms. The Morgan fingerprint density at radius 3 is 1.32 bits per heavy atom. The second-order valence-corrected chi connectivity index (χ2v) is 11.3. The van der Waals surface area contributed by atoms with Gasteiger partial charge < -0.3 is 10.2 Å². The van der Waals surface area contributed by atoms with Crippen molar-refractivity contribution in [3.8, 4) is 11.1 Å². The average molecular weight is 423 g/mol. The van der Waals surface area contributed by atoms with Crippen molar-refractivity contribution in [2.75, 3.05) is 0 Å². The van der Waals surface area contributed by atoms with Gasteiger partial charge in [-0.05, 0) is 45.9 Å². The lowest BCUT2D eigenvalue weighted by Crippen LogP contribution is -2.50. The normalized spacial score (nSPS) is 16.8. The highest BCUT2D eigenvalue weighted by Gasteiger charge is 2.59. The molecule has 0 fully saturated rings. The molecule has 2 atom stereocenters. The number of fused-ring (bicyclic) bond motifs is 3. The standard InChI is InChI=1S/C27H34O4/c1-25(2,3)15-21(23(28)29)27(22(24(30)31)16-26(4,5)6)19-13-9-7-11-17(19)18-12-8-10-14-20(18)27/h7-14,21-22H,15-16H2,1-6H3,(H,28,29)(H,30,31). The van der Waals surface area contributed by atoms with E-state index >= 15 is 0 Å². The quantitative estimate of drug-likeness (QED) is 0.579. The second kappa shape index (κ2) is 7.81. The van der Waals surface area contributed by atoms with E-state index in [0.717, 1.165) is 22.3 Å². The molecule has 0 radical (unpaired) electrons. The van der Waals surface area contributed by atoms with E-state index in [1.54, 1.807) is 0 Å². The zero-order chi connectivity index (χ0) is 23.2. The first-order chi connectivity index (χ1) is 14.3. The van der Waals surface area contributed by atoms with Crippen LogP contribution in [0.2, 0.25) is 0 Å². The van der Waals surface area contributed by atoms with Crippen LogP contribution in [0, 0.1) is 22.7 Å². The Balaban J connectivity index is 2.46. The van der Waals surface area contributed by atoms with Crippen molar-refractivity contribution in [3.05, 3.63) is 59.7 Å². The highest BCUT2D eigenvalue weighted by Crippen LogP contribution is 2.60. The maximum absolute atomic E-state index is 12.9. The van der Waals surface area contributed by atoms with Gasteiger partial charge in [-0.2, -0.15) is 0 Å². The fourth-order valence-corrected chi connectivity index (χ4v) is 5.41. The molecule has 0 saturated heterocycles. The molecular formula is C27H34O4. The van der Waals surface area contributed by atoms with Gasteiger partial charge in [-0.3, -0.25) is 9.59 Å². The van der Waals surface area contributed by atoms with Gasteiger partial charge in [0.2, 0.25) is 0 Å². The molecule has 1 aliphatic rings. The van der Waals surface area contributed by atoms with Gasteiger partial charge in [-0.15, -0.1) is 0 Å². The molecule has 3 rings (SSSR count). The van der Waals surface area contributed by atoms with E-state index in [2.05, 4.69) is 0 Å². The summed E-state index contributed by atoms with van der Waals surface area (Å²) in [4.78, 5) is 25.8. The molecule has 166 valence electrons. The number of carboxylic acid groups (broad SMARTS) is 2. The first-order valence-corrected chi connectivity index (χ1v) is 10.9. The van der Waals surface area contributed by atoms with Crippen LogP contribution in [0.4, 0.5) is 0 Å². The summed E-state index contributed by atoms with van der Waals surface area (Å²) in [5, 5.41) is 21.1. The van der Waals surface area contributed by atoms with Crippen molar-refractivity contribution in [1.82, 2.24) is 0 Å². The van der Waals surface area contributed by atoms with E-state index in [0.29, 0.717) is 12.8 Å². The lowest BCUT2D eigenvalue weighted by Gasteiger charge is -2.45. The lowest BCUT2D eigenvalue weighted by molar-refractivity contribution is -0.152. The number of benzene rings is 2. The average Bonchev–Trinajstić information content (AvgIpc) is 2.94. The van der Waals surface area contributed by atoms with Crippen LogP contribution in [0.1, 0.15) is 65.5 Å². The van der Waals surface area contributed by atoms with Crippen molar-refractivity contribution in [2.24, 2.45) is 22.7 Å². The zero-order valence-corrected chi connectivity index (χ0v) is 19.4. The van der Waals surface area contributed by atoms with Gasteiger partial charge in [0, 0.05) is 5.41 Å². The van der Waals surface area contributed by atoms with E-state index in [1.807, 2.05) is 90.1 Å². The van der Waals surface area contributed by atoms with Crippen LogP contribution in [0.25, 0.3) is 11.1 Å². The minimum Gasteiger partial charge on any atom is -0.481 e. The van der Waals surface area contributed by atoms with Gasteiger partial charge in [0.05, 0.1) is 11.8 Å². The number of carboxylic acids is 2. The highest BCUT2D eigenvalue weighted by atomic mass is 16.4. The summed E-state index contributed by atoms with van der Waals surface area (Å²) < 4.78 is 0. The number of hydrogen-bond acceptors (Lipinski definition) is 2. The van der Waals surface area contributed by atoms with Gasteiger partial charge in [-0.25, -0.2) is 0 Å². The predicted octanol–water partition coefficient (Wildman–Crippen LogP) is 6.23. The first kappa shape index (κ1) is 23.1. The number of rotatable bonds is 6. The maximum Gasteiger partial charge on any atom is 0.307 e. The molecule has 2 unspecified atom stereocenters. The molecule has 4 nitrogen and oxygen atoms in total. The van der Waals surface area contributed by atoms with Gasteiger partial charge in [-0.1, -0.05) is 90.1 Å². The Hall–Kier alpha value is -2.62. The summed E-state index contributed by atoms with van der Waals surface area (Å²) in [6, 6.07) is 15.5. The van der Waals surface area contributed by atoms with Crippen molar-refractivity contribution in [1.29, 1.82) is 0 Å². The van der Waals surface area contributed by atoms with Crippen molar-refractivity contribution >= 4 is 11.9 Å². The van der Waals surface area contributed by atoms with Crippen LogP contribution in [0.15, 0.2) is 48.5 Å². The van der Waals surface area contributed by atoms with E-state index in [1.165, 1.54) is 0 Å². The van der Waals surface area contributed by atoms with Gasteiger partial charge in [0.1, 0.15) is 0 Å². The third kappa shape index (κ3) is 4.13. The molecule has 2 N–H and O–H groups in total. The Morgan fingerprint density at radius 2 is 1.03 bits per heavy atom. The maximum atomic E-state index is 12.9. The molecule has 0 heterocycles. The molecule has 0 spiro atoms. The van der Waals surface area contributed by atoms with Gasteiger partial charge in [0.25, 0.3) is 0 Å². The summed E-state index contributed by atoms with van der Waals surface area (Å²) in [6.45, 7) is 12.1. The summed E-state index contributed by atoms with van der Waals surface area (Å²) in [5.41, 5.74) is 1.82. The van der Waals surface area contributed by atoms with Gasteiger partial charge in [0.15, 0.2) is 0 Å². The minimum absolute atomic E-state index is 0.284. The van der Waals surface area contributed by atoms with Crippen LogP contribution < -0.4 is 0 Å². The van der Waals surface area contributed by atoms with Crippen molar-refractivity contribution in [2.45, 2.75) is 59.8 Å². The van der Waals surface area contributed by atoms with Crippen LogP contribution in [0.3, 0.4) is 0 Å². The van der Waals surface area contributed by atoms with E-state index in [4.69, 9.17) is 0 Å². The molecule has 0 bridgehead atoms. The smallest absolute Gasteiger partial charge is 0.307 e. The van der Waals surface area contributed by atoms with Crippen LogP contribution in [0.5, 0.6) is 0 Å². The minimum atomic E-state index is -1.15. The zero-order valence-electron chi connectivity index (χ0n) is 19.4. The monoisotopic (exact) mass is 422 g/mol. The molecule has 4 heteroatoms. The topological polar surface area (TPSA) is 74.6 Å². The molecule has 0 amide bonds. The Bertz CT molecular complexity index is 909. The number of carbonyl (C=O) groups is 2. The van der Waals surface area contributed by atoms with Crippen LogP contribution in [-0.4, -0.2) is 22.2 Å². The molecule has 1 aliphatic carbocycles. The van der Waals surface area contributed by atoms with E-state index < -0.39 is 29.2 Å². The molecule has 2 aromatic rings. The molecule has 0 aliphatic heterocycles. The lowest BCUT2D eigenvalue weighted by atomic mass is 9.55. The van der Waals surface area contributed by atoms with Crippen molar-refractivity contribution < 1.29 is 19.8 Å². The van der Waals surface area contributed by atoms with Crippen molar-refractivity contribution in [3.63, 3.8) is 0 Å². The van der Waals surface area contributed by atoms with E-state index in [9.17, 15) is 19.8 Å². The largest absolute Gasteiger partial charge is 0.481 e. The van der Waals surface area contributed by atoms with Crippen LogP contribution >= 0.6 is 0 Å². The molecule has 0 aromatic heterocycles. The number of aliphatic carboxylic acids is 2. The molecular weight excluding hydrogens is 388 g/mol. The van der Waals surface area contributed by atoms with Gasteiger partial charge >= 0.3 is 11.9 Å². The Labute approximate surface area is 185 Å². The third-order valence-electron chi connectivity index (χ3n) is 6.36. The summed E-state index contributed by atoms with van der Waals surface area (Å²) in [6.07, 6.45) is 0.748. The second-order valence-electron chi connectivity index (χ2n) is 11.3. The van der Waals surface area contributed by atoms with Crippen LogP contribution in [-0.2, 0) is 15.0 Å². The fourth-order valence-electron chi connectivity index (χ4n) is 5.41. The Kier molecular flexibility index (Phi) is 5.81. The number of hydrogen-bond donors (Lipinski definition) is 2. The SMILES string of the molecule is CC(C)(C)CC(C(=O)O)C1(C(CC(C)(C)C)C(=O)O)c2ccccc2-c2ccccc21. The molecule has 2 aromatic carbocycles. The fraction of sp³-hybridized carbons (Fsp3) is 0.481. The first-order valence-electron chi connectivity index (χ1n) is 10.9. The molecule has 0 saturated carbocycles. The third-order valence-corrected chi connectivity index (χ3v) is 6.36. The predicted molar refractivity (Wildman–Crippen MR) is 123 cm³/mol.